The average Bonchev–Trinajstić information content (AvgIpc) is 2.38. The quantitative estimate of drug-likeness (QED) is 0.878. The van der Waals surface area contributed by atoms with E-state index in [4.69, 9.17) is 5.73 Å². The highest BCUT2D eigenvalue weighted by molar-refractivity contribution is 9.10. The van der Waals surface area contributed by atoms with Crippen molar-refractivity contribution in [2.45, 2.75) is 39.2 Å². The molecular weight excluding hydrogens is 292 g/mol. The number of carbonyl (C=O) groups excluding carboxylic acids is 1. The second-order valence-electron chi connectivity index (χ2n) is 4.71. The van der Waals surface area contributed by atoms with Gasteiger partial charge in [0.1, 0.15) is 0 Å². The summed E-state index contributed by atoms with van der Waals surface area (Å²) in [6, 6.07) is 5.69. The van der Waals surface area contributed by atoms with Crippen LogP contribution in [0.4, 0.5) is 0 Å². The fraction of sp³-hybridized carbons (Fsp3) is 0.500. The number of hydrogen-bond donors (Lipinski definition) is 2. The number of carbonyl (C=O) groups is 1. The molecule has 0 saturated heterocycles. The van der Waals surface area contributed by atoms with Gasteiger partial charge in [0.05, 0.1) is 0 Å². The molecular formula is C14H21BrN2O. The Bertz CT molecular complexity index is 428. The first-order valence-corrected chi connectivity index (χ1v) is 7.04. The summed E-state index contributed by atoms with van der Waals surface area (Å²) in [7, 11) is 0. The molecule has 18 heavy (non-hydrogen) atoms. The number of benzene rings is 1. The van der Waals surface area contributed by atoms with Crippen LogP contribution in [-0.4, -0.2) is 18.0 Å². The highest BCUT2D eigenvalue weighted by atomic mass is 79.9. The first-order valence-electron chi connectivity index (χ1n) is 6.25. The molecule has 0 radical (unpaired) electrons. The maximum absolute atomic E-state index is 12.1. The van der Waals surface area contributed by atoms with E-state index in [1.54, 1.807) is 0 Å². The lowest BCUT2D eigenvalue weighted by molar-refractivity contribution is 0.0941. The molecule has 0 heterocycles. The largest absolute Gasteiger partial charge is 0.350 e. The van der Waals surface area contributed by atoms with Crippen LogP contribution in [0.1, 0.15) is 42.6 Å². The molecule has 0 aliphatic rings. The minimum absolute atomic E-state index is 0.0643. The molecule has 0 bridgehead atoms. The van der Waals surface area contributed by atoms with Crippen molar-refractivity contribution in [3.8, 4) is 0 Å². The molecule has 1 amide bonds. The van der Waals surface area contributed by atoms with Gasteiger partial charge in [0.25, 0.3) is 5.91 Å². The highest BCUT2D eigenvalue weighted by Gasteiger charge is 2.21. The fourth-order valence-electron chi connectivity index (χ4n) is 1.69. The minimum Gasteiger partial charge on any atom is -0.350 e. The molecule has 0 saturated carbocycles. The van der Waals surface area contributed by atoms with E-state index in [0.717, 1.165) is 22.9 Å². The van der Waals surface area contributed by atoms with Gasteiger partial charge in [0, 0.05) is 22.1 Å². The monoisotopic (exact) mass is 312 g/mol. The van der Waals surface area contributed by atoms with Gasteiger partial charge >= 0.3 is 0 Å². The summed E-state index contributed by atoms with van der Waals surface area (Å²) >= 11 is 3.38. The Morgan fingerprint density at radius 3 is 2.56 bits per heavy atom. The normalized spacial score (nSPS) is 11.4. The van der Waals surface area contributed by atoms with E-state index in [9.17, 15) is 4.79 Å². The van der Waals surface area contributed by atoms with E-state index >= 15 is 0 Å². The van der Waals surface area contributed by atoms with Gasteiger partial charge < -0.3 is 11.1 Å². The molecule has 3 N–H and O–H groups in total. The Balaban J connectivity index is 2.74. The van der Waals surface area contributed by atoms with Crippen molar-refractivity contribution in [3.05, 3.63) is 33.8 Å². The Kier molecular flexibility index (Phi) is 5.35. The van der Waals surface area contributed by atoms with E-state index in [0.29, 0.717) is 12.1 Å². The van der Waals surface area contributed by atoms with Crippen LogP contribution >= 0.6 is 15.9 Å². The van der Waals surface area contributed by atoms with Crippen LogP contribution in [0.3, 0.4) is 0 Å². The number of nitrogens with one attached hydrogen (secondary N) is 1. The van der Waals surface area contributed by atoms with E-state index < -0.39 is 0 Å². The van der Waals surface area contributed by atoms with Crippen LogP contribution in [-0.2, 0) is 0 Å². The van der Waals surface area contributed by atoms with Gasteiger partial charge in [-0.05, 0) is 37.5 Å². The second kappa shape index (κ2) is 6.34. The van der Waals surface area contributed by atoms with Gasteiger partial charge in [0.2, 0.25) is 0 Å². The topological polar surface area (TPSA) is 55.1 Å². The van der Waals surface area contributed by atoms with Gasteiger partial charge in [-0.25, -0.2) is 0 Å². The van der Waals surface area contributed by atoms with E-state index in [1.165, 1.54) is 0 Å². The van der Waals surface area contributed by atoms with Crippen LogP contribution in [0.5, 0.6) is 0 Å². The number of nitrogens with two attached hydrogens (primary N) is 1. The van der Waals surface area contributed by atoms with Crippen molar-refractivity contribution in [2.75, 3.05) is 6.54 Å². The molecule has 1 aromatic rings. The smallest absolute Gasteiger partial charge is 0.251 e. The van der Waals surface area contributed by atoms with Crippen LogP contribution in [0.15, 0.2) is 22.7 Å². The Morgan fingerprint density at radius 1 is 1.39 bits per heavy atom. The Morgan fingerprint density at radius 2 is 2.00 bits per heavy atom. The van der Waals surface area contributed by atoms with E-state index in [2.05, 4.69) is 21.2 Å². The number of aryl methyl sites for hydroxylation is 1. The lowest BCUT2D eigenvalue weighted by atomic mass is 9.94. The van der Waals surface area contributed by atoms with Crippen LogP contribution in [0, 0.1) is 6.92 Å². The van der Waals surface area contributed by atoms with Crippen molar-refractivity contribution < 1.29 is 4.79 Å². The van der Waals surface area contributed by atoms with Crippen molar-refractivity contribution >= 4 is 21.8 Å². The van der Waals surface area contributed by atoms with E-state index in [1.807, 2.05) is 39.0 Å². The second-order valence-corrected chi connectivity index (χ2v) is 5.63. The zero-order valence-corrected chi connectivity index (χ0v) is 12.8. The Labute approximate surface area is 117 Å². The molecule has 0 aliphatic heterocycles. The molecule has 3 nitrogen and oxygen atoms in total. The molecule has 1 aromatic carbocycles. The minimum atomic E-state index is -0.310. The first-order chi connectivity index (χ1) is 8.41. The molecule has 0 aliphatic carbocycles. The first kappa shape index (κ1) is 15.2. The summed E-state index contributed by atoms with van der Waals surface area (Å²) in [4.78, 5) is 12.1. The van der Waals surface area contributed by atoms with Gasteiger partial charge in [-0.1, -0.05) is 35.8 Å². The SMILES string of the molecule is CCC(N)(CC)CNC(=O)c1cc(Br)ccc1C. The third-order valence-electron chi connectivity index (χ3n) is 3.45. The molecule has 0 aromatic heterocycles. The van der Waals surface area contributed by atoms with Crippen molar-refractivity contribution in [1.29, 1.82) is 0 Å². The van der Waals surface area contributed by atoms with Crippen LogP contribution < -0.4 is 11.1 Å². The van der Waals surface area contributed by atoms with Crippen molar-refractivity contribution in [2.24, 2.45) is 5.73 Å². The zero-order valence-electron chi connectivity index (χ0n) is 11.2. The standard InChI is InChI=1S/C14H21BrN2O/c1-4-14(16,5-2)9-17-13(18)12-8-11(15)7-6-10(12)3/h6-8H,4-5,9,16H2,1-3H3,(H,17,18). The van der Waals surface area contributed by atoms with Crippen molar-refractivity contribution in [3.63, 3.8) is 0 Å². The van der Waals surface area contributed by atoms with E-state index in [-0.39, 0.29) is 11.4 Å². The Hall–Kier alpha value is -0.870. The maximum Gasteiger partial charge on any atom is 0.251 e. The summed E-state index contributed by atoms with van der Waals surface area (Å²) in [5.41, 5.74) is 7.51. The lowest BCUT2D eigenvalue weighted by Gasteiger charge is -2.27. The molecule has 0 fully saturated rings. The predicted molar refractivity (Wildman–Crippen MR) is 78.7 cm³/mol. The van der Waals surface area contributed by atoms with Gasteiger partial charge in [-0.2, -0.15) is 0 Å². The third-order valence-corrected chi connectivity index (χ3v) is 3.95. The summed E-state index contributed by atoms with van der Waals surface area (Å²) in [6.07, 6.45) is 1.70. The van der Waals surface area contributed by atoms with Gasteiger partial charge in [-0.3, -0.25) is 4.79 Å². The van der Waals surface area contributed by atoms with Gasteiger partial charge in [0.15, 0.2) is 0 Å². The highest BCUT2D eigenvalue weighted by Crippen LogP contribution is 2.16. The summed E-state index contributed by atoms with van der Waals surface area (Å²) < 4.78 is 0.906. The average molecular weight is 313 g/mol. The number of rotatable bonds is 5. The zero-order chi connectivity index (χ0) is 13.8. The summed E-state index contributed by atoms with van der Waals surface area (Å²) in [5, 5.41) is 2.92. The summed E-state index contributed by atoms with van der Waals surface area (Å²) in [5.74, 6) is -0.0643. The molecule has 4 heteroatoms. The molecule has 0 unspecified atom stereocenters. The van der Waals surface area contributed by atoms with Crippen LogP contribution in [0.2, 0.25) is 0 Å². The number of halogens is 1. The predicted octanol–water partition coefficient (Wildman–Crippen LogP) is 3.00. The fourth-order valence-corrected chi connectivity index (χ4v) is 2.05. The molecule has 1 rings (SSSR count). The molecule has 100 valence electrons. The molecule has 0 atom stereocenters. The lowest BCUT2D eigenvalue weighted by Crippen LogP contribution is -2.49. The number of hydrogen-bond acceptors (Lipinski definition) is 2. The van der Waals surface area contributed by atoms with Crippen molar-refractivity contribution in [1.82, 2.24) is 5.32 Å². The molecule has 0 spiro atoms. The van der Waals surface area contributed by atoms with Gasteiger partial charge in [-0.15, -0.1) is 0 Å². The summed E-state index contributed by atoms with van der Waals surface area (Å²) in [6.45, 7) is 6.52. The maximum atomic E-state index is 12.1. The number of amides is 1. The van der Waals surface area contributed by atoms with Crippen LogP contribution in [0.25, 0.3) is 0 Å². The third kappa shape index (κ3) is 3.82.